The van der Waals surface area contributed by atoms with E-state index in [9.17, 15) is 0 Å². The van der Waals surface area contributed by atoms with Crippen molar-refractivity contribution < 1.29 is 18.9 Å². The Morgan fingerprint density at radius 2 is 1.50 bits per heavy atom. The van der Waals surface area contributed by atoms with Crippen LogP contribution in [-0.4, -0.2) is 28.4 Å². The Morgan fingerprint density at radius 1 is 0.792 bits per heavy atom. The molecular formula is C18H18N2O4. The molecule has 1 aliphatic heterocycles. The lowest BCUT2D eigenvalue weighted by atomic mass is 10.1. The van der Waals surface area contributed by atoms with Gasteiger partial charge in [-0.25, -0.2) is 0 Å². The molecule has 2 aromatic carbocycles. The van der Waals surface area contributed by atoms with Crippen LogP contribution in [0, 0.1) is 0 Å². The first-order valence-corrected chi connectivity index (χ1v) is 7.32. The van der Waals surface area contributed by atoms with Gasteiger partial charge >= 0.3 is 0 Å². The fraction of sp³-hybridized carbons (Fsp3) is 0.222. The van der Waals surface area contributed by atoms with Gasteiger partial charge in [-0.3, -0.25) is 0 Å². The lowest BCUT2D eigenvalue weighted by molar-refractivity contribution is 0.324. The summed E-state index contributed by atoms with van der Waals surface area (Å²) in [6.45, 7) is 0. The first kappa shape index (κ1) is 15.9. The fourth-order valence-corrected chi connectivity index (χ4v) is 2.55. The van der Waals surface area contributed by atoms with E-state index in [1.807, 2.05) is 36.4 Å². The maximum Gasteiger partial charge on any atom is 0.203 e. The molecule has 2 aromatic rings. The maximum absolute atomic E-state index is 5.38. The van der Waals surface area contributed by atoms with Crippen LogP contribution in [0.3, 0.4) is 0 Å². The number of benzene rings is 2. The summed E-state index contributed by atoms with van der Waals surface area (Å²) < 4.78 is 21.3. The van der Waals surface area contributed by atoms with Gasteiger partial charge in [0, 0.05) is 11.6 Å². The average Bonchev–Trinajstić information content (AvgIpc) is 3.02. The van der Waals surface area contributed by atoms with Crippen molar-refractivity contribution in [3.05, 3.63) is 41.5 Å². The van der Waals surface area contributed by atoms with Crippen molar-refractivity contribution in [2.45, 2.75) is 0 Å². The van der Waals surface area contributed by atoms with Crippen molar-refractivity contribution in [1.82, 2.24) is 0 Å². The molecule has 0 saturated heterocycles. The van der Waals surface area contributed by atoms with Crippen LogP contribution in [0.5, 0.6) is 23.0 Å². The highest BCUT2D eigenvalue weighted by Crippen LogP contribution is 2.41. The number of rotatable bonds is 5. The summed E-state index contributed by atoms with van der Waals surface area (Å²) in [7, 11) is 6.38. The van der Waals surface area contributed by atoms with Gasteiger partial charge in [0.2, 0.25) is 5.75 Å². The Kier molecular flexibility index (Phi) is 4.37. The second-order valence-corrected chi connectivity index (χ2v) is 5.07. The molecule has 124 valence electrons. The van der Waals surface area contributed by atoms with E-state index in [-0.39, 0.29) is 0 Å². The number of hydrogen-bond donors (Lipinski definition) is 0. The molecule has 0 amide bonds. The van der Waals surface area contributed by atoms with E-state index in [1.54, 1.807) is 28.4 Å². The maximum atomic E-state index is 5.38. The minimum absolute atomic E-state index is 0.556. The Morgan fingerprint density at radius 3 is 2.08 bits per heavy atom. The summed E-state index contributed by atoms with van der Waals surface area (Å²) in [5.74, 6) is 2.49. The van der Waals surface area contributed by atoms with Crippen LogP contribution in [0.2, 0.25) is 0 Å². The third-order valence-corrected chi connectivity index (χ3v) is 3.74. The Labute approximate surface area is 140 Å². The number of nitrogens with zero attached hydrogens (tertiary/aromatic N) is 2. The van der Waals surface area contributed by atoms with Gasteiger partial charge < -0.3 is 18.9 Å². The number of fused-ring (bicyclic) bond motifs is 1. The molecule has 0 radical (unpaired) electrons. The highest BCUT2D eigenvalue weighted by molar-refractivity contribution is 5.88. The van der Waals surface area contributed by atoms with Crippen molar-refractivity contribution >= 4 is 17.5 Å². The van der Waals surface area contributed by atoms with E-state index in [1.165, 1.54) is 0 Å². The predicted octanol–water partition coefficient (Wildman–Crippen LogP) is 4.32. The molecule has 1 aliphatic rings. The highest BCUT2D eigenvalue weighted by atomic mass is 16.5. The zero-order chi connectivity index (χ0) is 17.1. The highest BCUT2D eigenvalue weighted by Gasteiger charge is 2.17. The molecular weight excluding hydrogens is 308 g/mol. The lowest BCUT2D eigenvalue weighted by Crippen LogP contribution is -1.95. The second kappa shape index (κ2) is 6.62. The van der Waals surface area contributed by atoms with Crippen molar-refractivity contribution in [2.75, 3.05) is 28.4 Å². The van der Waals surface area contributed by atoms with Gasteiger partial charge in [-0.05, 0) is 35.9 Å². The fourth-order valence-electron chi connectivity index (χ4n) is 2.55. The summed E-state index contributed by atoms with van der Waals surface area (Å²) >= 11 is 0. The summed E-state index contributed by atoms with van der Waals surface area (Å²) in [6, 6.07) is 9.42. The third-order valence-electron chi connectivity index (χ3n) is 3.74. The van der Waals surface area contributed by atoms with Gasteiger partial charge in [-0.15, -0.1) is 10.2 Å². The average molecular weight is 326 g/mol. The molecule has 0 bridgehead atoms. The minimum atomic E-state index is 0.556. The van der Waals surface area contributed by atoms with Gasteiger partial charge in [0.25, 0.3) is 0 Å². The Balaban J connectivity index is 2.04. The molecule has 3 rings (SSSR count). The molecule has 0 aromatic heterocycles. The van der Waals surface area contributed by atoms with Gasteiger partial charge in [-0.1, -0.05) is 0 Å². The molecule has 6 heteroatoms. The molecule has 0 aliphatic carbocycles. The lowest BCUT2D eigenvalue weighted by Gasteiger charge is -2.13. The Bertz CT molecular complexity index is 803. The van der Waals surface area contributed by atoms with Crippen molar-refractivity contribution in [3.63, 3.8) is 0 Å². The summed E-state index contributed by atoms with van der Waals surface area (Å²) in [4.78, 5) is 0. The molecule has 0 fully saturated rings. The normalized spacial score (nSPS) is 13.8. The Hall–Kier alpha value is -3.02. The summed E-state index contributed by atoms with van der Waals surface area (Å²) in [6.07, 6.45) is 1.92. The second-order valence-electron chi connectivity index (χ2n) is 5.07. The minimum Gasteiger partial charge on any atom is -0.497 e. The van der Waals surface area contributed by atoms with Crippen LogP contribution in [0.1, 0.15) is 11.1 Å². The van der Waals surface area contributed by atoms with Crippen LogP contribution in [0.15, 0.2) is 40.6 Å². The van der Waals surface area contributed by atoms with Crippen molar-refractivity contribution in [3.8, 4) is 23.0 Å². The van der Waals surface area contributed by atoms with Crippen molar-refractivity contribution in [1.29, 1.82) is 0 Å². The van der Waals surface area contributed by atoms with Gasteiger partial charge in [0.1, 0.15) is 5.75 Å². The number of hydrogen-bond acceptors (Lipinski definition) is 6. The number of azo groups is 1. The summed E-state index contributed by atoms with van der Waals surface area (Å²) in [5.41, 5.74) is 3.38. The number of ether oxygens (including phenoxy) is 4. The molecule has 0 N–H and O–H groups in total. The van der Waals surface area contributed by atoms with E-state index in [4.69, 9.17) is 18.9 Å². The smallest absolute Gasteiger partial charge is 0.203 e. The van der Waals surface area contributed by atoms with E-state index in [0.29, 0.717) is 17.2 Å². The van der Waals surface area contributed by atoms with Crippen LogP contribution >= 0.6 is 0 Å². The summed E-state index contributed by atoms with van der Waals surface area (Å²) in [5, 5.41) is 8.44. The first-order chi connectivity index (χ1) is 11.7. The van der Waals surface area contributed by atoms with E-state index >= 15 is 0 Å². The monoisotopic (exact) mass is 326 g/mol. The molecule has 0 atom stereocenters. The van der Waals surface area contributed by atoms with Crippen molar-refractivity contribution in [2.24, 2.45) is 10.2 Å². The predicted molar refractivity (Wildman–Crippen MR) is 91.5 cm³/mol. The van der Waals surface area contributed by atoms with E-state index in [0.717, 1.165) is 28.3 Å². The third kappa shape index (κ3) is 2.78. The topological polar surface area (TPSA) is 61.6 Å². The molecule has 0 unspecified atom stereocenters. The van der Waals surface area contributed by atoms with Crippen LogP contribution < -0.4 is 18.9 Å². The zero-order valence-corrected chi connectivity index (χ0v) is 14.0. The molecule has 24 heavy (non-hydrogen) atoms. The number of methoxy groups -OCH3 is 4. The standard InChI is InChI=1S/C18H18N2O4/c1-21-12-5-6-13-14(19-20-15(13)10-12)7-11-8-16(22-2)18(24-4)17(9-11)23-3/h5-10H,1-4H3. The SMILES string of the molecule is COc1ccc2c(c1)N=NC2=Cc1cc(OC)c(OC)c(OC)c1. The van der Waals surface area contributed by atoms with Gasteiger partial charge in [0.15, 0.2) is 11.5 Å². The molecule has 6 nitrogen and oxygen atoms in total. The van der Waals surface area contributed by atoms with E-state index in [2.05, 4.69) is 10.2 Å². The quantitative estimate of drug-likeness (QED) is 0.821. The van der Waals surface area contributed by atoms with Crippen LogP contribution in [-0.2, 0) is 0 Å². The molecule has 0 saturated carbocycles. The van der Waals surface area contributed by atoms with E-state index < -0.39 is 0 Å². The van der Waals surface area contributed by atoms with Gasteiger partial charge in [-0.2, -0.15) is 0 Å². The first-order valence-electron chi connectivity index (χ1n) is 7.32. The van der Waals surface area contributed by atoms with Crippen LogP contribution in [0.25, 0.3) is 11.8 Å². The largest absolute Gasteiger partial charge is 0.497 e. The van der Waals surface area contributed by atoms with Crippen LogP contribution in [0.4, 0.5) is 5.69 Å². The molecule has 1 heterocycles. The van der Waals surface area contributed by atoms with Gasteiger partial charge in [0.05, 0.1) is 39.8 Å². The molecule has 0 spiro atoms. The zero-order valence-electron chi connectivity index (χ0n) is 14.0.